The van der Waals surface area contributed by atoms with Crippen molar-refractivity contribution in [1.29, 1.82) is 0 Å². The lowest BCUT2D eigenvalue weighted by Gasteiger charge is -2.37. The molecule has 0 bridgehead atoms. The van der Waals surface area contributed by atoms with Crippen LogP contribution in [0.2, 0.25) is 10.0 Å². The molecular formula is C21H22Cl2F3N3O3S. The Kier molecular flexibility index (Phi) is 7.40. The van der Waals surface area contributed by atoms with Crippen LogP contribution in [0.4, 0.5) is 24.5 Å². The standard InChI is InChI=1S/C21H22Cl2F3N3O3S/c1-14-3-4-15(22)11-19(14)27-7-9-28(10-8-27)20(30)13-29(33(2,31)32)16-5-6-18(23)17(12-16)21(24,25)26/h3-6,11-12H,7-10,13H2,1-2H3. The Morgan fingerprint density at radius 3 is 2.27 bits per heavy atom. The first-order chi connectivity index (χ1) is 15.3. The zero-order valence-corrected chi connectivity index (χ0v) is 20.2. The summed E-state index contributed by atoms with van der Waals surface area (Å²) in [6, 6.07) is 8.29. The third kappa shape index (κ3) is 6.04. The van der Waals surface area contributed by atoms with Crippen molar-refractivity contribution in [3.8, 4) is 0 Å². The molecular weight excluding hydrogens is 502 g/mol. The molecule has 33 heavy (non-hydrogen) atoms. The predicted octanol–water partition coefficient (Wildman–Crippen LogP) is 4.44. The highest BCUT2D eigenvalue weighted by Crippen LogP contribution is 2.37. The SMILES string of the molecule is Cc1ccc(Cl)cc1N1CCN(C(=O)CN(c2ccc(Cl)c(C(F)(F)F)c2)S(C)(=O)=O)CC1. The quantitative estimate of drug-likeness (QED) is 0.581. The molecule has 180 valence electrons. The summed E-state index contributed by atoms with van der Waals surface area (Å²) in [7, 11) is -4.04. The molecule has 0 aromatic heterocycles. The lowest BCUT2D eigenvalue weighted by molar-refractivity contribution is -0.137. The van der Waals surface area contributed by atoms with E-state index in [1.165, 1.54) is 4.90 Å². The highest BCUT2D eigenvalue weighted by Gasteiger charge is 2.35. The fraction of sp³-hybridized carbons (Fsp3) is 0.381. The summed E-state index contributed by atoms with van der Waals surface area (Å²) in [5.74, 6) is -0.508. The van der Waals surface area contributed by atoms with E-state index in [0.29, 0.717) is 41.6 Å². The summed E-state index contributed by atoms with van der Waals surface area (Å²) in [6.07, 6.45) is -3.93. The number of benzene rings is 2. The van der Waals surface area contributed by atoms with Gasteiger partial charge in [-0.25, -0.2) is 8.42 Å². The molecule has 12 heteroatoms. The van der Waals surface area contributed by atoms with Gasteiger partial charge in [-0.05, 0) is 42.8 Å². The average Bonchev–Trinajstić information content (AvgIpc) is 2.72. The molecule has 1 saturated heterocycles. The molecule has 0 radical (unpaired) electrons. The molecule has 3 rings (SSSR count). The zero-order valence-electron chi connectivity index (χ0n) is 17.9. The fourth-order valence-corrected chi connectivity index (χ4v) is 4.86. The van der Waals surface area contributed by atoms with Crippen molar-refractivity contribution < 1.29 is 26.4 Å². The Labute approximate surface area is 200 Å². The van der Waals surface area contributed by atoms with E-state index in [0.717, 1.165) is 29.6 Å². The van der Waals surface area contributed by atoms with Gasteiger partial charge in [0, 0.05) is 36.9 Å². The number of aryl methyl sites for hydroxylation is 1. The number of amides is 1. The van der Waals surface area contributed by atoms with Gasteiger partial charge >= 0.3 is 6.18 Å². The summed E-state index contributed by atoms with van der Waals surface area (Å²) in [4.78, 5) is 16.4. The van der Waals surface area contributed by atoms with Crippen molar-refractivity contribution in [1.82, 2.24) is 4.90 Å². The lowest BCUT2D eigenvalue weighted by Crippen LogP contribution is -2.52. The minimum atomic E-state index is -4.77. The third-order valence-corrected chi connectivity index (χ3v) is 7.07. The Morgan fingerprint density at radius 2 is 1.70 bits per heavy atom. The second-order valence-electron chi connectivity index (χ2n) is 7.73. The first-order valence-electron chi connectivity index (χ1n) is 9.90. The predicted molar refractivity (Wildman–Crippen MR) is 124 cm³/mol. The van der Waals surface area contributed by atoms with E-state index in [1.807, 2.05) is 19.1 Å². The van der Waals surface area contributed by atoms with Crippen LogP contribution >= 0.6 is 23.2 Å². The number of carbonyl (C=O) groups excluding carboxylic acids is 1. The number of piperazine rings is 1. The Balaban J connectivity index is 1.76. The van der Waals surface area contributed by atoms with Gasteiger partial charge < -0.3 is 9.80 Å². The molecule has 1 heterocycles. The monoisotopic (exact) mass is 523 g/mol. The van der Waals surface area contributed by atoms with Gasteiger partial charge in [0.05, 0.1) is 22.5 Å². The second-order valence-corrected chi connectivity index (χ2v) is 10.5. The maximum atomic E-state index is 13.2. The van der Waals surface area contributed by atoms with Gasteiger partial charge in [-0.15, -0.1) is 0 Å². The van der Waals surface area contributed by atoms with E-state index in [-0.39, 0.29) is 5.69 Å². The maximum Gasteiger partial charge on any atom is 0.417 e. The highest BCUT2D eigenvalue weighted by molar-refractivity contribution is 7.92. The molecule has 0 saturated carbocycles. The van der Waals surface area contributed by atoms with Crippen molar-refractivity contribution in [2.75, 3.05) is 48.2 Å². The van der Waals surface area contributed by atoms with Crippen molar-refractivity contribution in [3.63, 3.8) is 0 Å². The van der Waals surface area contributed by atoms with Crippen LogP contribution in [0, 0.1) is 6.92 Å². The van der Waals surface area contributed by atoms with Gasteiger partial charge in [0.1, 0.15) is 6.54 Å². The number of alkyl halides is 3. The molecule has 0 spiro atoms. The molecule has 0 atom stereocenters. The van der Waals surface area contributed by atoms with Gasteiger partial charge in [0.25, 0.3) is 0 Å². The number of sulfonamides is 1. The molecule has 0 aliphatic carbocycles. The van der Waals surface area contributed by atoms with E-state index in [1.54, 1.807) is 6.07 Å². The number of hydrogen-bond donors (Lipinski definition) is 0. The summed E-state index contributed by atoms with van der Waals surface area (Å²) in [5, 5.41) is 0.0394. The van der Waals surface area contributed by atoms with Gasteiger partial charge in [0.15, 0.2) is 0 Å². The molecule has 2 aromatic rings. The first-order valence-corrected chi connectivity index (χ1v) is 12.5. The maximum absolute atomic E-state index is 13.2. The number of halogens is 5. The number of carbonyl (C=O) groups is 1. The van der Waals surface area contributed by atoms with Crippen LogP contribution in [0.3, 0.4) is 0 Å². The summed E-state index contributed by atoms with van der Waals surface area (Å²) in [5.41, 5.74) is 0.530. The zero-order chi connectivity index (χ0) is 24.6. The van der Waals surface area contributed by atoms with Gasteiger partial charge in [0.2, 0.25) is 15.9 Å². The summed E-state index contributed by atoms with van der Waals surface area (Å²) < 4.78 is 65.0. The van der Waals surface area contributed by atoms with Gasteiger partial charge in [-0.1, -0.05) is 29.3 Å². The number of hydrogen-bond acceptors (Lipinski definition) is 4. The van der Waals surface area contributed by atoms with Crippen LogP contribution in [0.15, 0.2) is 36.4 Å². The van der Waals surface area contributed by atoms with Gasteiger partial charge in [-0.3, -0.25) is 9.10 Å². The van der Waals surface area contributed by atoms with Crippen LogP contribution in [0.25, 0.3) is 0 Å². The second kappa shape index (κ2) is 9.60. The van der Waals surface area contributed by atoms with Crippen LogP contribution in [-0.2, 0) is 21.0 Å². The van der Waals surface area contributed by atoms with Crippen molar-refractivity contribution in [3.05, 3.63) is 57.6 Å². The first kappa shape index (κ1) is 25.5. The van der Waals surface area contributed by atoms with Crippen LogP contribution in [-0.4, -0.2) is 58.2 Å². The molecule has 1 aliphatic heterocycles. The minimum Gasteiger partial charge on any atom is -0.368 e. The van der Waals surface area contributed by atoms with E-state index in [4.69, 9.17) is 23.2 Å². The molecule has 0 N–H and O–H groups in total. The lowest BCUT2D eigenvalue weighted by atomic mass is 10.1. The van der Waals surface area contributed by atoms with E-state index in [2.05, 4.69) is 4.90 Å². The van der Waals surface area contributed by atoms with E-state index >= 15 is 0 Å². The Morgan fingerprint density at radius 1 is 1.06 bits per heavy atom. The molecule has 1 amide bonds. The number of nitrogens with zero attached hydrogens (tertiary/aromatic N) is 3. The van der Waals surface area contributed by atoms with Crippen molar-refractivity contribution in [2.45, 2.75) is 13.1 Å². The van der Waals surface area contributed by atoms with Crippen molar-refractivity contribution in [2.24, 2.45) is 0 Å². The molecule has 0 unspecified atom stereocenters. The molecule has 1 fully saturated rings. The third-order valence-electron chi connectivity index (χ3n) is 5.37. The highest BCUT2D eigenvalue weighted by atomic mass is 35.5. The van der Waals surface area contributed by atoms with E-state index in [9.17, 15) is 26.4 Å². The molecule has 2 aromatic carbocycles. The summed E-state index contributed by atoms with van der Waals surface area (Å²) >= 11 is 11.7. The van der Waals surface area contributed by atoms with Crippen molar-refractivity contribution >= 4 is 50.5 Å². The number of anilines is 2. The average molecular weight is 524 g/mol. The molecule has 6 nitrogen and oxygen atoms in total. The minimum absolute atomic E-state index is 0.282. The molecule has 1 aliphatic rings. The van der Waals surface area contributed by atoms with Crippen LogP contribution < -0.4 is 9.21 Å². The largest absolute Gasteiger partial charge is 0.417 e. The Hall–Kier alpha value is -2.17. The van der Waals surface area contributed by atoms with Crippen LogP contribution in [0.5, 0.6) is 0 Å². The van der Waals surface area contributed by atoms with Gasteiger partial charge in [-0.2, -0.15) is 13.2 Å². The Bertz CT molecular complexity index is 1150. The van der Waals surface area contributed by atoms with E-state index < -0.39 is 39.2 Å². The smallest absolute Gasteiger partial charge is 0.368 e. The normalized spacial score (nSPS) is 15.0. The topological polar surface area (TPSA) is 60.9 Å². The van der Waals surface area contributed by atoms with Crippen LogP contribution in [0.1, 0.15) is 11.1 Å². The fourth-order valence-electron chi connectivity index (χ4n) is 3.63. The number of rotatable bonds is 5. The summed E-state index contributed by atoms with van der Waals surface area (Å²) in [6.45, 7) is 3.01.